The Morgan fingerprint density at radius 1 is 0.806 bits per heavy atom. The monoisotopic (exact) mass is 437 g/mol. The lowest BCUT2D eigenvalue weighted by Crippen LogP contribution is -2.30. The molecule has 31 heavy (non-hydrogen) atoms. The Hall–Kier alpha value is -3.29. The zero-order valence-corrected chi connectivity index (χ0v) is 17.6. The summed E-state index contributed by atoms with van der Waals surface area (Å²) in [6, 6.07) is 25.7. The molecule has 3 aromatic rings. The molecule has 1 unspecified atom stereocenters. The van der Waals surface area contributed by atoms with Crippen molar-refractivity contribution in [2.24, 2.45) is 0 Å². The van der Waals surface area contributed by atoms with Gasteiger partial charge in [-0.25, -0.2) is 13.1 Å². The van der Waals surface area contributed by atoms with E-state index < -0.39 is 21.9 Å². The highest BCUT2D eigenvalue weighted by molar-refractivity contribution is 7.89. The molecule has 0 fully saturated rings. The average Bonchev–Trinajstić information content (AvgIpc) is 2.82. The summed E-state index contributed by atoms with van der Waals surface area (Å²) < 4.78 is 32.8. The molecule has 0 amide bonds. The van der Waals surface area contributed by atoms with Gasteiger partial charge in [-0.3, -0.25) is 9.59 Å². The van der Waals surface area contributed by atoms with Crippen LogP contribution in [-0.2, 0) is 19.6 Å². The predicted molar refractivity (Wildman–Crippen MR) is 117 cm³/mol. The van der Waals surface area contributed by atoms with E-state index in [0.29, 0.717) is 5.56 Å². The van der Waals surface area contributed by atoms with E-state index in [-0.39, 0.29) is 30.3 Å². The number of rotatable bonds is 10. The molecule has 160 valence electrons. The number of nitrogens with one attached hydrogen (secondary N) is 1. The fraction of sp³-hybridized carbons (Fsp3) is 0.167. The van der Waals surface area contributed by atoms with Crippen LogP contribution in [0.25, 0.3) is 0 Å². The number of hydrogen-bond donors (Lipinski definition) is 1. The molecule has 3 aromatic carbocycles. The van der Waals surface area contributed by atoms with Crippen LogP contribution in [0.1, 0.15) is 28.3 Å². The van der Waals surface area contributed by atoms with Gasteiger partial charge in [0.05, 0.1) is 11.3 Å². The highest BCUT2D eigenvalue weighted by Gasteiger charge is 2.21. The smallest absolute Gasteiger partial charge is 0.306 e. The quantitative estimate of drug-likeness (QED) is 0.387. The predicted octanol–water partition coefficient (Wildman–Crippen LogP) is 3.56. The van der Waals surface area contributed by atoms with Crippen molar-refractivity contribution in [3.63, 3.8) is 0 Å². The summed E-state index contributed by atoms with van der Waals surface area (Å²) in [6.07, 6.45) is -0.0661. The van der Waals surface area contributed by atoms with Crippen LogP contribution in [0.3, 0.4) is 0 Å². The van der Waals surface area contributed by atoms with Crippen molar-refractivity contribution in [1.29, 1.82) is 0 Å². The van der Waals surface area contributed by atoms with Gasteiger partial charge in [0.25, 0.3) is 0 Å². The highest BCUT2D eigenvalue weighted by Crippen LogP contribution is 2.20. The standard InChI is InChI=1S/C24H23NO5S/c26-23(20-12-6-2-7-13-20)18-30-24(27)16-21(19-10-4-1-5-11-19)17-25-31(28,29)22-14-8-3-9-15-22/h1-15,21,25H,16-18H2. The van der Waals surface area contributed by atoms with Gasteiger partial charge in [-0.05, 0) is 17.7 Å². The van der Waals surface area contributed by atoms with Crippen molar-refractivity contribution in [1.82, 2.24) is 4.72 Å². The second kappa shape index (κ2) is 10.7. The minimum absolute atomic E-state index is 0.0168. The zero-order valence-electron chi connectivity index (χ0n) is 16.8. The van der Waals surface area contributed by atoms with E-state index in [0.717, 1.165) is 5.56 Å². The van der Waals surface area contributed by atoms with Gasteiger partial charge in [-0.2, -0.15) is 0 Å². The number of carbonyl (C=O) groups is 2. The first-order valence-electron chi connectivity index (χ1n) is 9.79. The lowest BCUT2D eigenvalue weighted by molar-refractivity contribution is -0.142. The molecule has 0 saturated carbocycles. The first-order valence-corrected chi connectivity index (χ1v) is 11.3. The molecule has 1 N–H and O–H groups in total. The average molecular weight is 438 g/mol. The Bertz CT molecular complexity index is 1100. The van der Waals surface area contributed by atoms with Crippen LogP contribution in [0, 0.1) is 0 Å². The first kappa shape index (κ1) is 22.4. The number of ether oxygens (including phenoxy) is 1. The second-order valence-electron chi connectivity index (χ2n) is 6.93. The van der Waals surface area contributed by atoms with Crippen LogP contribution in [0.2, 0.25) is 0 Å². The van der Waals surface area contributed by atoms with E-state index >= 15 is 0 Å². The molecule has 1 atom stereocenters. The molecular formula is C24H23NO5S. The molecule has 0 radical (unpaired) electrons. The summed E-state index contributed by atoms with van der Waals surface area (Å²) in [7, 11) is -3.72. The van der Waals surface area contributed by atoms with Crippen LogP contribution in [-0.4, -0.2) is 33.3 Å². The summed E-state index contributed by atoms with van der Waals surface area (Å²) in [5.74, 6) is -1.31. The minimum Gasteiger partial charge on any atom is -0.457 e. The molecule has 0 spiro atoms. The van der Waals surface area contributed by atoms with Gasteiger partial charge in [-0.1, -0.05) is 78.9 Å². The van der Waals surface area contributed by atoms with E-state index in [1.54, 1.807) is 48.5 Å². The summed E-state index contributed by atoms with van der Waals surface area (Å²) in [4.78, 5) is 24.7. The minimum atomic E-state index is -3.72. The third kappa shape index (κ3) is 6.60. The van der Waals surface area contributed by atoms with Crippen LogP contribution in [0.4, 0.5) is 0 Å². The van der Waals surface area contributed by atoms with Crippen LogP contribution in [0.5, 0.6) is 0 Å². The van der Waals surface area contributed by atoms with Crippen LogP contribution >= 0.6 is 0 Å². The molecule has 7 heteroatoms. The van der Waals surface area contributed by atoms with Gasteiger partial charge in [0.15, 0.2) is 12.4 Å². The SMILES string of the molecule is O=C(CC(CNS(=O)(=O)c1ccccc1)c1ccccc1)OCC(=O)c1ccccc1. The van der Waals surface area contributed by atoms with Gasteiger partial charge in [0.1, 0.15) is 0 Å². The van der Waals surface area contributed by atoms with Gasteiger partial charge >= 0.3 is 5.97 Å². The van der Waals surface area contributed by atoms with Crippen molar-refractivity contribution in [3.8, 4) is 0 Å². The van der Waals surface area contributed by atoms with E-state index in [4.69, 9.17) is 4.74 Å². The number of benzene rings is 3. The molecule has 0 aliphatic carbocycles. The summed E-state index contributed by atoms with van der Waals surface area (Å²) in [5, 5.41) is 0. The number of carbonyl (C=O) groups excluding carboxylic acids is 2. The lowest BCUT2D eigenvalue weighted by Gasteiger charge is -2.18. The Kier molecular flexibility index (Phi) is 7.70. The van der Waals surface area contributed by atoms with Crippen LogP contribution in [0.15, 0.2) is 95.9 Å². The van der Waals surface area contributed by atoms with Crippen molar-refractivity contribution in [3.05, 3.63) is 102 Å². The zero-order chi connectivity index (χ0) is 22.1. The molecule has 0 bridgehead atoms. The van der Waals surface area contributed by atoms with Gasteiger partial charge < -0.3 is 4.74 Å². The van der Waals surface area contributed by atoms with E-state index in [1.807, 2.05) is 30.3 Å². The molecule has 0 saturated heterocycles. The second-order valence-corrected chi connectivity index (χ2v) is 8.69. The first-order chi connectivity index (χ1) is 15.0. The maximum atomic E-state index is 12.6. The molecule has 0 heterocycles. The van der Waals surface area contributed by atoms with E-state index in [1.165, 1.54) is 12.1 Å². The van der Waals surface area contributed by atoms with E-state index in [9.17, 15) is 18.0 Å². The summed E-state index contributed by atoms with van der Waals surface area (Å²) >= 11 is 0. The normalized spacial score (nSPS) is 12.1. The molecular weight excluding hydrogens is 414 g/mol. The Labute approximate surface area is 181 Å². The van der Waals surface area contributed by atoms with Crippen molar-refractivity contribution >= 4 is 21.8 Å². The number of ketones is 1. The third-order valence-electron chi connectivity index (χ3n) is 4.72. The van der Waals surface area contributed by atoms with Crippen LogP contribution < -0.4 is 4.72 Å². The Balaban J connectivity index is 1.64. The molecule has 6 nitrogen and oxygen atoms in total. The topological polar surface area (TPSA) is 89.5 Å². The van der Waals surface area contributed by atoms with E-state index in [2.05, 4.69) is 4.72 Å². The van der Waals surface area contributed by atoms with Crippen molar-refractivity contribution < 1.29 is 22.7 Å². The molecule has 0 aliphatic rings. The Morgan fingerprint density at radius 3 is 1.97 bits per heavy atom. The van der Waals surface area contributed by atoms with Gasteiger partial charge in [0.2, 0.25) is 10.0 Å². The fourth-order valence-electron chi connectivity index (χ4n) is 3.04. The number of esters is 1. The maximum absolute atomic E-state index is 12.6. The van der Waals surface area contributed by atoms with Crippen molar-refractivity contribution in [2.45, 2.75) is 17.2 Å². The summed E-state index contributed by atoms with van der Waals surface area (Å²) in [6.45, 7) is -0.344. The Morgan fingerprint density at radius 2 is 1.35 bits per heavy atom. The molecule has 0 aliphatic heterocycles. The van der Waals surface area contributed by atoms with Crippen molar-refractivity contribution in [2.75, 3.05) is 13.2 Å². The third-order valence-corrected chi connectivity index (χ3v) is 6.16. The van der Waals surface area contributed by atoms with Gasteiger partial charge in [0, 0.05) is 18.0 Å². The lowest BCUT2D eigenvalue weighted by atomic mass is 9.96. The van der Waals surface area contributed by atoms with Gasteiger partial charge in [-0.15, -0.1) is 0 Å². The number of hydrogen-bond acceptors (Lipinski definition) is 5. The number of Topliss-reactive ketones (excluding diaryl/α,β-unsaturated/α-hetero) is 1. The molecule has 0 aromatic heterocycles. The fourth-order valence-corrected chi connectivity index (χ4v) is 4.14. The maximum Gasteiger partial charge on any atom is 0.306 e. The number of sulfonamides is 1. The highest BCUT2D eigenvalue weighted by atomic mass is 32.2. The molecule has 3 rings (SSSR count). The summed E-state index contributed by atoms with van der Waals surface area (Å²) in [5.41, 5.74) is 1.26. The largest absolute Gasteiger partial charge is 0.457 e.